The molecule has 0 aromatic heterocycles. The summed E-state index contributed by atoms with van der Waals surface area (Å²) in [5.74, 6) is -0.746. The number of Topliss-reactive ketones (excluding diaryl/α,β-unsaturated/α-hetero) is 1. The molecule has 1 aliphatic carbocycles. The van der Waals surface area contributed by atoms with Crippen molar-refractivity contribution < 1.29 is 14.7 Å². The number of allylic oxidation sites excluding steroid dienone is 1. The molecule has 0 radical (unpaired) electrons. The van der Waals surface area contributed by atoms with Crippen LogP contribution in [0.4, 0.5) is 5.69 Å². The summed E-state index contributed by atoms with van der Waals surface area (Å²) >= 11 is 12.5. The number of benzene rings is 3. The summed E-state index contributed by atoms with van der Waals surface area (Å²) < 4.78 is 0. The van der Waals surface area contributed by atoms with E-state index in [1.54, 1.807) is 36.4 Å². The van der Waals surface area contributed by atoms with Gasteiger partial charge >= 0.3 is 0 Å². The summed E-state index contributed by atoms with van der Waals surface area (Å²) in [5, 5.41) is 13.9. The molecule has 6 heteroatoms. The standard InChI is InChI=1S/C26H19Cl2NO3/c27-17-6-3-5-15(10-17)22-12-24(31)20(19-7-2-1-4-16(19)14-30)13-26(22)21-9-8-18(28)11-23(21)29-25(26)32/h1-11,13,22,30H,12,14H2,(H,29,32)/t22-,26-/m0/s1. The van der Waals surface area contributed by atoms with E-state index in [9.17, 15) is 14.7 Å². The van der Waals surface area contributed by atoms with Gasteiger partial charge in [-0.3, -0.25) is 9.59 Å². The zero-order valence-corrected chi connectivity index (χ0v) is 18.5. The number of halogens is 2. The van der Waals surface area contributed by atoms with Crippen molar-refractivity contribution in [3.05, 3.63) is 105 Å². The van der Waals surface area contributed by atoms with E-state index < -0.39 is 11.3 Å². The van der Waals surface area contributed by atoms with Crippen molar-refractivity contribution in [2.24, 2.45) is 0 Å². The SMILES string of the molecule is O=C1C[C@@H](c2cccc(Cl)c2)[C@@]2(C=C1c1ccccc1CO)C(=O)Nc1cc(Cl)ccc12. The van der Waals surface area contributed by atoms with E-state index >= 15 is 0 Å². The second-order valence-electron chi connectivity index (χ2n) is 8.12. The molecule has 0 fully saturated rings. The first kappa shape index (κ1) is 21.0. The largest absolute Gasteiger partial charge is 0.392 e. The van der Waals surface area contributed by atoms with E-state index in [-0.39, 0.29) is 24.7 Å². The molecule has 0 saturated carbocycles. The molecule has 2 N–H and O–H groups in total. The zero-order chi connectivity index (χ0) is 22.5. The van der Waals surface area contributed by atoms with Gasteiger partial charge < -0.3 is 10.4 Å². The van der Waals surface area contributed by atoms with Gasteiger partial charge in [0.1, 0.15) is 5.41 Å². The molecule has 2 atom stereocenters. The van der Waals surface area contributed by atoms with Gasteiger partial charge in [0, 0.05) is 33.6 Å². The van der Waals surface area contributed by atoms with Crippen molar-refractivity contribution in [2.45, 2.75) is 24.4 Å². The quantitative estimate of drug-likeness (QED) is 0.537. The van der Waals surface area contributed by atoms with Crippen LogP contribution >= 0.6 is 23.2 Å². The molecule has 32 heavy (non-hydrogen) atoms. The number of hydrogen-bond donors (Lipinski definition) is 2. The Balaban J connectivity index is 1.80. The number of ketones is 1. The van der Waals surface area contributed by atoms with E-state index in [4.69, 9.17) is 23.2 Å². The molecule has 5 rings (SSSR count). The molecule has 4 nitrogen and oxygen atoms in total. The van der Waals surface area contributed by atoms with Crippen LogP contribution in [0.5, 0.6) is 0 Å². The average molecular weight is 464 g/mol. The van der Waals surface area contributed by atoms with Crippen LogP contribution in [0.25, 0.3) is 5.57 Å². The van der Waals surface area contributed by atoms with E-state index in [0.29, 0.717) is 32.4 Å². The third-order valence-electron chi connectivity index (χ3n) is 6.39. The van der Waals surface area contributed by atoms with Gasteiger partial charge in [0.2, 0.25) is 5.91 Å². The topological polar surface area (TPSA) is 66.4 Å². The lowest BCUT2D eigenvalue weighted by atomic mass is 9.61. The van der Waals surface area contributed by atoms with Gasteiger partial charge in [0.25, 0.3) is 0 Å². The van der Waals surface area contributed by atoms with Crippen LogP contribution in [0.1, 0.15) is 34.6 Å². The summed E-state index contributed by atoms with van der Waals surface area (Å²) in [6.07, 6.45) is 1.90. The van der Waals surface area contributed by atoms with E-state index in [1.165, 1.54) is 0 Å². The van der Waals surface area contributed by atoms with Crippen LogP contribution in [0.15, 0.2) is 72.8 Å². The first-order valence-corrected chi connectivity index (χ1v) is 11.0. The molecular weight excluding hydrogens is 445 g/mol. The van der Waals surface area contributed by atoms with Gasteiger partial charge in [-0.1, -0.05) is 71.7 Å². The third-order valence-corrected chi connectivity index (χ3v) is 6.86. The maximum absolute atomic E-state index is 13.6. The van der Waals surface area contributed by atoms with Crippen molar-refractivity contribution in [3.8, 4) is 0 Å². The fourth-order valence-corrected chi connectivity index (χ4v) is 5.31. The highest BCUT2D eigenvalue weighted by Crippen LogP contribution is 2.54. The molecule has 1 spiro atoms. The van der Waals surface area contributed by atoms with E-state index in [0.717, 1.165) is 11.1 Å². The highest BCUT2D eigenvalue weighted by Gasteiger charge is 2.54. The molecule has 0 saturated heterocycles. The van der Waals surface area contributed by atoms with Gasteiger partial charge in [0.05, 0.1) is 6.61 Å². The lowest BCUT2D eigenvalue weighted by Gasteiger charge is -2.38. The van der Waals surface area contributed by atoms with Crippen LogP contribution in [0, 0.1) is 0 Å². The second kappa shape index (κ2) is 7.89. The molecule has 1 amide bonds. The first-order valence-electron chi connectivity index (χ1n) is 10.3. The normalized spacial score (nSPS) is 22.0. The lowest BCUT2D eigenvalue weighted by Crippen LogP contribution is -2.43. The van der Waals surface area contributed by atoms with Crippen molar-refractivity contribution in [1.82, 2.24) is 0 Å². The lowest BCUT2D eigenvalue weighted by molar-refractivity contribution is -0.121. The minimum atomic E-state index is -1.11. The Bertz CT molecular complexity index is 1300. The Kier molecular flexibility index (Phi) is 5.17. The number of aliphatic hydroxyl groups is 1. The Morgan fingerprint density at radius 3 is 2.53 bits per heavy atom. The average Bonchev–Trinajstić information content (AvgIpc) is 3.05. The molecule has 3 aromatic carbocycles. The zero-order valence-electron chi connectivity index (χ0n) is 16.9. The smallest absolute Gasteiger partial charge is 0.239 e. The molecule has 1 aliphatic heterocycles. The highest BCUT2D eigenvalue weighted by molar-refractivity contribution is 6.31. The Labute approximate surface area is 195 Å². The number of anilines is 1. The number of fused-ring (bicyclic) bond motifs is 2. The summed E-state index contributed by atoms with van der Waals surface area (Å²) in [5.41, 5.74) is 2.81. The molecule has 0 unspecified atom stereocenters. The number of rotatable bonds is 3. The number of amides is 1. The van der Waals surface area contributed by atoms with Gasteiger partial charge in [-0.05, 0) is 46.5 Å². The number of hydrogen-bond acceptors (Lipinski definition) is 3. The van der Waals surface area contributed by atoms with Crippen molar-refractivity contribution in [1.29, 1.82) is 0 Å². The molecular formula is C26H19Cl2NO3. The predicted octanol–water partition coefficient (Wildman–Crippen LogP) is 5.52. The second-order valence-corrected chi connectivity index (χ2v) is 8.99. The van der Waals surface area contributed by atoms with Gasteiger partial charge in [-0.2, -0.15) is 0 Å². The van der Waals surface area contributed by atoms with Crippen LogP contribution in [-0.4, -0.2) is 16.8 Å². The molecule has 0 bridgehead atoms. The minimum absolute atomic E-state index is 0.0864. The molecule has 1 heterocycles. The van der Waals surface area contributed by atoms with Crippen LogP contribution in [0.2, 0.25) is 10.0 Å². The molecule has 160 valence electrons. The van der Waals surface area contributed by atoms with Crippen molar-refractivity contribution >= 4 is 46.2 Å². The Hall–Kier alpha value is -2.92. The van der Waals surface area contributed by atoms with Crippen LogP contribution < -0.4 is 5.32 Å². The summed E-state index contributed by atoms with van der Waals surface area (Å²) in [6, 6.07) is 19.8. The number of carbonyl (C=O) groups excluding carboxylic acids is 2. The fourth-order valence-electron chi connectivity index (χ4n) is 4.94. The Morgan fingerprint density at radius 1 is 0.969 bits per heavy atom. The first-order chi connectivity index (χ1) is 15.4. The summed E-state index contributed by atoms with van der Waals surface area (Å²) in [7, 11) is 0. The monoisotopic (exact) mass is 463 g/mol. The van der Waals surface area contributed by atoms with E-state index in [2.05, 4.69) is 5.32 Å². The number of carbonyl (C=O) groups is 2. The van der Waals surface area contributed by atoms with Gasteiger partial charge in [0.15, 0.2) is 5.78 Å². The maximum Gasteiger partial charge on any atom is 0.239 e. The number of nitrogens with one attached hydrogen (secondary N) is 1. The Morgan fingerprint density at radius 2 is 1.75 bits per heavy atom. The fraction of sp³-hybridized carbons (Fsp3) is 0.154. The van der Waals surface area contributed by atoms with Gasteiger partial charge in [-0.15, -0.1) is 0 Å². The van der Waals surface area contributed by atoms with Crippen molar-refractivity contribution in [3.63, 3.8) is 0 Å². The number of aliphatic hydroxyl groups excluding tert-OH is 1. The maximum atomic E-state index is 13.6. The molecule has 3 aromatic rings. The highest BCUT2D eigenvalue weighted by atomic mass is 35.5. The van der Waals surface area contributed by atoms with Gasteiger partial charge in [-0.25, -0.2) is 0 Å². The summed E-state index contributed by atoms with van der Waals surface area (Å²) in [4.78, 5) is 27.0. The van der Waals surface area contributed by atoms with Crippen LogP contribution in [0.3, 0.4) is 0 Å². The van der Waals surface area contributed by atoms with Crippen LogP contribution in [-0.2, 0) is 21.6 Å². The third kappa shape index (κ3) is 3.18. The minimum Gasteiger partial charge on any atom is -0.392 e. The molecule has 2 aliphatic rings. The summed E-state index contributed by atoms with van der Waals surface area (Å²) in [6.45, 7) is -0.204. The van der Waals surface area contributed by atoms with E-state index in [1.807, 2.05) is 36.4 Å². The van der Waals surface area contributed by atoms with Crippen molar-refractivity contribution in [2.75, 3.05) is 5.32 Å². The predicted molar refractivity (Wildman–Crippen MR) is 126 cm³/mol.